The fourth-order valence-electron chi connectivity index (χ4n) is 6.77. The van der Waals surface area contributed by atoms with Gasteiger partial charge in [-0.25, -0.2) is 4.79 Å². The van der Waals surface area contributed by atoms with Crippen LogP contribution in [0.5, 0.6) is 0 Å². The molecule has 0 aliphatic carbocycles. The van der Waals surface area contributed by atoms with Crippen LogP contribution in [0.4, 0.5) is 0 Å². The van der Waals surface area contributed by atoms with Crippen LogP contribution in [0.1, 0.15) is 174 Å². The maximum absolute atomic E-state index is 11.7. The lowest BCUT2D eigenvalue weighted by molar-refractivity contribution is -0.139. The third-order valence-corrected chi connectivity index (χ3v) is 9.61. The summed E-state index contributed by atoms with van der Waals surface area (Å²) in [5, 5.41) is 41.7. The van der Waals surface area contributed by atoms with Gasteiger partial charge in [0.25, 0.3) is 0 Å². The smallest absolute Gasteiger partial charge is 0.334 e. The number of rotatable bonds is 28. The zero-order chi connectivity index (χ0) is 32.0. The minimum absolute atomic E-state index is 0.126. The number of aliphatic hydroxyl groups excluding tert-OH is 4. The molecule has 0 radical (unpaired) electrons. The Hall–Kier alpha value is -0.990. The summed E-state index contributed by atoms with van der Waals surface area (Å²) in [5.74, 6) is -0.308. The zero-order valence-corrected chi connectivity index (χ0v) is 28.3. The van der Waals surface area contributed by atoms with Crippen molar-refractivity contribution in [3.8, 4) is 0 Å². The van der Waals surface area contributed by atoms with E-state index < -0.39 is 18.3 Å². The van der Waals surface area contributed by atoms with Gasteiger partial charge in [0, 0.05) is 12.0 Å². The van der Waals surface area contributed by atoms with E-state index in [1.54, 1.807) is 6.08 Å². The van der Waals surface area contributed by atoms with E-state index in [9.17, 15) is 25.2 Å². The van der Waals surface area contributed by atoms with Gasteiger partial charge in [0.1, 0.15) is 6.10 Å². The van der Waals surface area contributed by atoms with E-state index in [2.05, 4.69) is 6.92 Å². The van der Waals surface area contributed by atoms with Gasteiger partial charge in [0.05, 0.1) is 36.6 Å². The lowest BCUT2D eigenvalue weighted by Gasteiger charge is -2.22. The Bertz CT molecular complexity index is 756. The third kappa shape index (κ3) is 17.6. The van der Waals surface area contributed by atoms with Crippen LogP contribution in [0.25, 0.3) is 0 Å². The van der Waals surface area contributed by atoms with Gasteiger partial charge in [-0.1, -0.05) is 116 Å². The van der Waals surface area contributed by atoms with Crippen molar-refractivity contribution in [1.82, 2.24) is 0 Å². The van der Waals surface area contributed by atoms with Gasteiger partial charge in [-0.15, -0.1) is 0 Å². The molecule has 0 spiro atoms. The van der Waals surface area contributed by atoms with Crippen molar-refractivity contribution in [2.75, 3.05) is 0 Å². The normalized spacial score (nSPS) is 23.0. The van der Waals surface area contributed by atoms with Gasteiger partial charge in [0.15, 0.2) is 0 Å². The average Bonchev–Trinajstić information content (AvgIpc) is 3.61. The Kier molecular flexibility index (Phi) is 21.6. The molecular formula is C37H68O7. The summed E-state index contributed by atoms with van der Waals surface area (Å²) in [7, 11) is 0. The van der Waals surface area contributed by atoms with Crippen molar-refractivity contribution in [2.24, 2.45) is 0 Å². The fourth-order valence-corrected chi connectivity index (χ4v) is 6.77. The van der Waals surface area contributed by atoms with E-state index in [0.717, 1.165) is 89.9 Å². The van der Waals surface area contributed by atoms with Gasteiger partial charge in [-0.05, 0) is 57.9 Å². The van der Waals surface area contributed by atoms with E-state index in [0.29, 0.717) is 18.4 Å². The Labute approximate surface area is 269 Å². The van der Waals surface area contributed by atoms with E-state index in [1.807, 2.05) is 6.92 Å². The van der Waals surface area contributed by atoms with Crippen molar-refractivity contribution in [2.45, 2.75) is 217 Å². The molecule has 7 nitrogen and oxygen atoms in total. The molecule has 2 aliphatic rings. The summed E-state index contributed by atoms with van der Waals surface area (Å²) >= 11 is 0. The second kappa shape index (κ2) is 24.2. The molecule has 44 heavy (non-hydrogen) atoms. The maximum Gasteiger partial charge on any atom is 0.334 e. The van der Waals surface area contributed by atoms with Gasteiger partial charge in [-0.3, -0.25) is 0 Å². The predicted molar refractivity (Wildman–Crippen MR) is 177 cm³/mol. The molecule has 0 aromatic carbocycles. The van der Waals surface area contributed by atoms with Crippen LogP contribution in [-0.2, 0) is 14.3 Å². The molecule has 2 aliphatic heterocycles. The summed E-state index contributed by atoms with van der Waals surface area (Å²) in [6.45, 7) is 4.08. The molecule has 1 saturated heterocycles. The van der Waals surface area contributed by atoms with Crippen LogP contribution < -0.4 is 0 Å². The molecule has 1 fully saturated rings. The zero-order valence-electron chi connectivity index (χ0n) is 28.3. The minimum Gasteiger partial charge on any atom is -0.455 e. The Morgan fingerprint density at radius 3 is 1.50 bits per heavy atom. The number of hydrogen-bond acceptors (Lipinski definition) is 7. The topological polar surface area (TPSA) is 116 Å². The molecule has 2 rings (SSSR count). The molecule has 0 saturated carbocycles. The first-order valence-electron chi connectivity index (χ1n) is 18.6. The number of unbranched alkanes of at least 4 members (excludes halogenated alkanes) is 14. The molecule has 7 atom stereocenters. The molecule has 0 unspecified atom stereocenters. The molecular weight excluding hydrogens is 556 g/mol. The second-order valence-corrected chi connectivity index (χ2v) is 13.8. The molecule has 2 heterocycles. The minimum atomic E-state index is -0.519. The molecule has 0 bridgehead atoms. The Morgan fingerprint density at radius 1 is 0.636 bits per heavy atom. The molecule has 4 N–H and O–H groups in total. The maximum atomic E-state index is 11.7. The molecule has 7 heteroatoms. The van der Waals surface area contributed by atoms with Gasteiger partial charge in [0.2, 0.25) is 0 Å². The predicted octanol–water partition coefficient (Wildman–Crippen LogP) is 7.84. The Balaban J connectivity index is 1.38. The number of ether oxygens (including phenoxy) is 2. The van der Waals surface area contributed by atoms with Crippen molar-refractivity contribution >= 4 is 5.97 Å². The van der Waals surface area contributed by atoms with Gasteiger partial charge < -0.3 is 29.9 Å². The quantitative estimate of drug-likeness (QED) is 0.0518. The largest absolute Gasteiger partial charge is 0.455 e. The molecule has 0 aromatic rings. The lowest BCUT2D eigenvalue weighted by atomic mass is 9.99. The lowest BCUT2D eigenvalue weighted by Crippen LogP contribution is -2.31. The number of carbonyl (C=O) groups is 1. The van der Waals surface area contributed by atoms with Crippen molar-refractivity contribution in [1.29, 1.82) is 0 Å². The van der Waals surface area contributed by atoms with Crippen LogP contribution in [0, 0.1) is 0 Å². The summed E-state index contributed by atoms with van der Waals surface area (Å²) in [5.41, 5.74) is 0.584. The first kappa shape index (κ1) is 39.2. The van der Waals surface area contributed by atoms with E-state index in [1.165, 1.54) is 57.8 Å². The summed E-state index contributed by atoms with van der Waals surface area (Å²) in [4.78, 5) is 11.7. The van der Waals surface area contributed by atoms with Gasteiger partial charge >= 0.3 is 5.97 Å². The van der Waals surface area contributed by atoms with E-state index in [4.69, 9.17) is 9.47 Å². The molecule has 258 valence electrons. The first-order chi connectivity index (χ1) is 21.3. The highest BCUT2D eigenvalue weighted by atomic mass is 16.5. The number of cyclic esters (lactones) is 1. The van der Waals surface area contributed by atoms with E-state index >= 15 is 0 Å². The summed E-state index contributed by atoms with van der Waals surface area (Å²) in [6, 6.07) is 0. The van der Waals surface area contributed by atoms with Crippen LogP contribution in [-0.4, -0.2) is 69.1 Å². The average molecular weight is 625 g/mol. The number of aliphatic hydroxyl groups is 4. The van der Waals surface area contributed by atoms with Crippen LogP contribution >= 0.6 is 0 Å². The fraction of sp³-hybridized carbons (Fsp3) is 0.919. The highest BCUT2D eigenvalue weighted by molar-refractivity contribution is 5.90. The second-order valence-electron chi connectivity index (χ2n) is 13.8. The SMILES string of the molecule is CCCCCCCCCCCC[C@@H](O)[C@@H]1CC[C@H]([C@H](O)CCCCCC[C@@H](O)CCCCC[C@@H](O)CC2=C[C@H](C)OC2=O)O1. The monoisotopic (exact) mass is 624 g/mol. The number of hydrogen-bond donors (Lipinski definition) is 4. The number of carbonyl (C=O) groups excluding carboxylic acids is 1. The van der Waals surface area contributed by atoms with E-state index in [-0.39, 0.29) is 30.4 Å². The van der Waals surface area contributed by atoms with Crippen molar-refractivity contribution < 1.29 is 34.7 Å². The van der Waals surface area contributed by atoms with Crippen LogP contribution in [0.2, 0.25) is 0 Å². The highest BCUT2D eigenvalue weighted by Crippen LogP contribution is 2.28. The van der Waals surface area contributed by atoms with Crippen LogP contribution in [0.15, 0.2) is 11.6 Å². The summed E-state index contributed by atoms with van der Waals surface area (Å²) in [6.07, 6.45) is 25.3. The number of esters is 1. The van der Waals surface area contributed by atoms with Crippen molar-refractivity contribution in [3.05, 3.63) is 11.6 Å². The van der Waals surface area contributed by atoms with Crippen molar-refractivity contribution in [3.63, 3.8) is 0 Å². The third-order valence-electron chi connectivity index (χ3n) is 9.61. The van der Waals surface area contributed by atoms with Crippen LogP contribution in [0.3, 0.4) is 0 Å². The first-order valence-corrected chi connectivity index (χ1v) is 18.6. The highest BCUT2D eigenvalue weighted by Gasteiger charge is 2.34. The van der Waals surface area contributed by atoms with Gasteiger partial charge in [-0.2, -0.15) is 0 Å². The molecule has 0 amide bonds. The standard InChI is InChI=1S/C37H68O7/c1-3-4-5-6-7-8-9-10-11-18-23-33(40)35-25-26-36(44-35)34(41)24-19-13-12-15-20-31(38)21-16-14-17-22-32(39)28-30-27-29(2)43-37(30)42/h27,29,31-36,38-41H,3-26,28H2,1-2H3/t29-,31+,32+,33+,34+,35-,36+/m0/s1. The molecule has 0 aromatic heterocycles. The Morgan fingerprint density at radius 2 is 1.05 bits per heavy atom. The summed E-state index contributed by atoms with van der Waals surface area (Å²) < 4.78 is 11.1.